The summed E-state index contributed by atoms with van der Waals surface area (Å²) >= 11 is 0. The minimum atomic E-state index is -1.27. The lowest BCUT2D eigenvalue weighted by Crippen LogP contribution is -2.58. The number of hydrogen-bond acceptors (Lipinski definition) is 4. The van der Waals surface area contributed by atoms with Crippen molar-refractivity contribution in [1.29, 1.82) is 0 Å². The van der Waals surface area contributed by atoms with Crippen LogP contribution in [0.3, 0.4) is 0 Å². The smallest absolute Gasteiger partial charge is 0.337 e. The maximum absolute atomic E-state index is 14.1. The van der Waals surface area contributed by atoms with E-state index in [1.54, 1.807) is 6.07 Å². The van der Waals surface area contributed by atoms with Gasteiger partial charge in [0.05, 0.1) is 17.7 Å². The van der Waals surface area contributed by atoms with Gasteiger partial charge in [-0.05, 0) is 19.0 Å². The van der Waals surface area contributed by atoms with Crippen molar-refractivity contribution in [3.05, 3.63) is 58.3 Å². The first-order valence-corrected chi connectivity index (χ1v) is 8.80. The maximum atomic E-state index is 14.1. The zero-order valence-electron chi connectivity index (χ0n) is 15.3. The fourth-order valence-corrected chi connectivity index (χ4v) is 3.54. The lowest BCUT2D eigenvalue weighted by molar-refractivity contribution is -0.0998. The maximum Gasteiger partial charge on any atom is 0.337 e. The molecule has 1 fully saturated rings. The number of carbonyl (C=O) groups is 1. The highest BCUT2D eigenvalue weighted by atomic mass is 19.1. The van der Waals surface area contributed by atoms with Crippen LogP contribution in [0.25, 0.3) is 11.1 Å². The third-order valence-corrected chi connectivity index (χ3v) is 5.49. The topological polar surface area (TPSA) is 91.6 Å². The molecule has 27 heavy (non-hydrogen) atoms. The quantitative estimate of drug-likeness (QED) is 0.762. The Morgan fingerprint density at radius 1 is 1.30 bits per heavy atom. The van der Waals surface area contributed by atoms with Crippen LogP contribution in [-0.4, -0.2) is 39.4 Å². The van der Waals surface area contributed by atoms with Gasteiger partial charge in [-0.3, -0.25) is 4.79 Å². The van der Waals surface area contributed by atoms with Crippen molar-refractivity contribution in [3.63, 3.8) is 0 Å². The molecule has 1 aromatic carbocycles. The molecule has 1 atom stereocenters. The van der Waals surface area contributed by atoms with Gasteiger partial charge >= 0.3 is 5.97 Å². The predicted molar refractivity (Wildman–Crippen MR) is 99.3 cm³/mol. The van der Waals surface area contributed by atoms with Crippen LogP contribution in [0.5, 0.6) is 0 Å². The summed E-state index contributed by atoms with van der Waals surface area (Å²) in [6.45, 7) is 4.95. The molecule has 0 aliphatic carbocycles. The number of nitrogens with one attached hydrogen (secondary N) is 1. The van der Waals surface area contributed by atoms with E-state index in [4.69, 9.17) is 0 Å². The molecule has 1 saturated heterocycles. The molecule has 0 amide bonds. The van der Waals surface area contributed by atoms with Gasteiger partial charge in [-0.15, -0.1) is 0 Å². The van der Waals surface area contributed by atoms with Gasteiger partial charge in [0, 0.05) is 35.3 Å². The number of aliphatic hydroxyl groups is 1. The number of halogens is 1. The molecule has 1 unspecified atom stereocenters. The first kappa shape index (κ1) is 19.3. The number of rotatable bonds is 4. The van der Waals surface area contributed by atoms with E-state index in [0.717, 1.165) is 6.07 Å². The number of aromatic nitrogens is 1. The molecule has 7 heteroatoms. The monoisotopic (exact) mass is 374 g/mol. The molecular formula is C20H23FN2O4. The standard InChI is InChI=1S/C20H23FN2O4/c1-19(2)11-22-8-7-20(19,27)12-23-10-15(18(25)26)14(9-17(23)24)13-5-3-4-6-16(13)21/h3-6,9-10,22,27H,7-8,11-12H2,1-2H3,(H,25,26). The molecule has 3 N–H and O–H groups in total. The Balaban J connectivity index is 2.09. The van der Waals surface area contributed by atoms with E-state index in [1.807, 2.05) is 13.8 Å². The van der Waals surface area contributed by atoms with Crippen molar-refractivity contribution < 1.29 is 19.4 Å². The second kappa shape index (κ2) is 6.90. The van der Waals surface area contributed by atoms with Crippen LogP contribution in [0.4, 0.5) is 4.39 Å². The number of benzene rings is 1. The van der Waals surface area contributed by atoms with Crippen LogP contribution >= 0.6 is 0 Å². The van der Waals surface area contributed by atoms with E-state index in [1.165, 1.54) is 29.0 Å². The molecule has 2 aromatic rings. The van der Waals surface area contributed by atoms with E-state index in [-0.39, 0.29) is 23.2 Å². The molecular weight excluding hydrogens is 351 g/mol. The minimum Gasteiger partial charge on any atom is -0.478 e. The summed E-state index contributed by atoms with van der Waals surface area (Å²) in [7, 11) is 0. The summed E-state index contributed by atoms with van der Waals surface area (Å²) < 4.78 is 15.3. The first-order chi connectivity index (χ1) is 12.6. The van der Waals surface area contributed by atoms with Gasteiger partial charge in [0.15, 0.2) is 0 Å². The summed E-state index contributed by atoms with van der Waals surface area (Å²) in [5.74, 6) is -1.87. The lowest BCUT2D eigenvalue weighted by Gasteiger charge is -2.47. The molecule has 6 nitrogen and oxygen atoms in total. The van der Waals surface area contributed by atoms with E-state index in [0.29, 0.717) is 19.5 Å². The second-order valence-corrected chi connectivity index (χ2v) is 7.69. The molecule has 2 heterocycles. The summed E-state index contributed by atoms with van der Waals surface area (Å²) in [5, 5.41) is 23.9. The van der Waals surface area contributed by atoms with Gasteiger partial charge in [-0.1, -0.05) is 32.0 Å². The van der Waals surface area contributed by atoms with E-state index >= 15 is 0 Å². The van der Waals surface area contributed by atoms with Crippen LogP contribution in [0, 0.1) is 11.2 Å². The molecule has 0 spiro atoms. The fourth-order valence-electron chi connectivity index (χ4n) is 3.54. The Morgan fingerprint density at radius 3 is 2.63 bits per heavy atom. The average molecular weight is 374 g/mol. The lowest BCUT2D eigenvalue weighted by atomic mass is 9.70. The van der Waals surface area contributed by atoms with Crippen molar-refractivity contribution in [2.24, 2.45) is 5.41 Å². The summed E-state index contributed by atoms with van der Waals surface area (Å²) in [6, 6.07) is 6.85. The Kier molecular flexibility index (Phi) is 4.92. The average Bonchev–Trinajstić information content (AvgIpc) is 2.59. The summed E-state index contributed by atoms with van der Waals surface area (Å²) in [5.41, 5.74) is -2.26. The van der Waals surface area contributed by atoms with E-state index in [9.17, 15) is 24.2 Å². The molecule has 0 saturated carbocycles. The number of piperidine rings is 1. The molecule has 1 aliphatic heterocycles. The van der Waals surface area contributed by atoms with Gasteiger partial charge in [0.2, 0.25) is 0 Å². The Hall–Kier alpha value is -2.51. The highest BCUT2D eigenvalue weighted by molar-refractivity contribution is 5.95. The van der Waals surface area contributed by atoms with Gasteiger partial charge in [-0.2, -0.15) is 0 Å². The molecule has 3 rings (SSSR count). The van der Waals surface area contributed by atoms with Crippen LogP contribution in [0.15, 0.2) is 41.3 Å². The first-order valence-electron chi connectivity index (χ1n) is 8.80. The highest BCUT2D eigenvalue weighted by Gasteiger charge is 2.45. The number of carboxylic acid groups (broad SMARTS) is 1. The molecule has 144 valence electrons. The predicted octanol–water partition coefficient (Wildman–Crippen LogP) is 2.10. The molecule has 1 aliphatic rings. The molecule has 1 aromatic heterocycles. The number of hydrogen-bond donors (Lipinski definition) is 3. The van der Waals surface area contributed by atoms with E-state index < -0.39 is 28.4 Å². The molecule has 0 radical (unpaired) electrons. The Labute approximate surface area is 156 Å². The Morgan fingerprint density at radius 2 is 2.00 bits per heavy atom. The summed E-state index contributed by atoms with van der Waals surface area (Å²) in [4.78, 5) is 24.4. The van der Waals surface area contributed by atoms with Crippen LogP contribution in [-0.2, 0) is 6.54 Å². The minimum absolute atomic E-state index is 0.0263. The van der Waals surface area contributed by atoms with E-state index in [2.05, 4.69) is 5.32 Å². The van der Waals surface area contributed by atoms with Crippen molar-refractivity contribution in [2.75, 3.05) is 13.1 Å². The van der Waals surface area contributed by atoms with Crippen LogP contribution < -0.4 is 10.9 Å². The second-order valence-electron chi connectivity index (χ2n) is 7.69. The fraction of sp³-hybridized carbons (Fsp3) is 0.400. The van der Waals surface area contributed by atoms with Crippen molar-refractivity contribution in [3.8, 4) is 11.1 Å². The largest absolute Gasteiger partial charge is 0.478 e. The van der Waals surface area contributed by atoms with Crippen LogP contribution in [0.2, 0.25) is 0 Å². The highest BCUT2D eigenvalue weighted by Crippen LogP contribution is 2.37. The number of aromatic carboxylic acids is 1. The zero-order chi connectivity index (χ0) is 19.8. The normalized spacial score (nSPS) is 21.8. The van der Waals surface area contributed by atoms with Gasteiger partial charge in [-0.25, -0.2) is 9.18 Å². The SMILES string of the molecule is CC1(C)CNCCC1(O)Cn1cc(C(=O)O)c(-c2ccccc2F)cc1=O. The number of pyridine rings is 1. The van der Waals surface area contributed by atoms with Gasteiger partial charge in [0.25, 0.3) is 5.56 Å². The zero-order valence-corrected chi connectivity index (χ0v) is 15.3. The third kappa shape index (κ3) is 3.52. The number of carboxylic acids is 1. The van der Waals surface area contributed by atoms with Crippen molar-refractivity contribution in [2.45, 2.75) is 32.4 Å². The Bertz CT molecular complexity index is 938. The summed E-state index contributed by atoms with van der Waals surface area (Å²) in [6.07, 6.45) is 1.63. The van der Waals surface area contributed by atoms with Crippen molar-refractivity contribution in [1.82, 2.24) is 9.88 Å². The van der Waals surface area contributed by atoms with Crippen molar-refractivity contribution >= 4 is 5.97 Å². The third-order valence-electron chi connectivity index (χ3n) is 5.49. The van der Waals surface area contributed by atoms with Gasteiger partial charge < -0.3 is 20.1 Å². The molecule has 0 bridgehead atoms. The number of nitrogens with zero attached hydrogens (tertiary/aromatic N) is 1. The van der Waals surface area contributed by atoms with Gasteiger partial charge in [0.1, 0.15) is 5.82 Å². The van der Waals surface area contributed by atoms with Crippen LogP contribution in [0.1, 0.15) is 30.6 Å².